The average molecular weight is 658 g/mol. The zero-order valence-corrected chi connectivity index (χ0v) is 24.8. The number of nitrogens with zero attached hydrogens (tertiary/aromatic N) is 3. The summed E-state index contributed by atoms with van der Waals surface area (Å²) in [6.45, 7) is 9.11. The molecule has 0 bridgehead atoms. The van der Waals surface area contributed by atoms with Crippen LogP contribution in [0.2, 0.25) is 0 Å². The van der Waals surface area contributed by atoms with E-state index in [1.165, 1.54) is 0 Å². The van der Waals surface area contributed by atoms with Crippen molar-refractivity contribution in [2.24, 2.45) is 17.3 Å². The van der Waals surface area contributed by atoms with Gasteiger partial charge in [-0.3, -0.25) is 19.5 Å². The van der Waals surface area contributed by atoms with Gasteiger partial charge in [-0.25, -0.2) is 9.59 Å². The van der Waals surface area contributed by atoms with Gasteiger partial charge in [0.15, 0.2) is 0 Å². The van der Waals surface area contributed by atoms with Crippen LogP contribution in [0.1, 0.15) is 44.0 Å². The molecule has 4 rings (SSSR count). The standard InChI is InChI=1S/C24H35N3O4.2C2HF3O2/c1-3-31-23(29)24-10-5-11-27(22(28)19-8-12-30-13-9-19)15-20(24)14-26(17-24)16-21-7-4-6-18(2)25-21;2*3-2(4,5)1(6)7/h4,6-7,19-20H,3,5,8-17H2,1-2H3;2*(H,6,7)/t20-,24+;;/m1../s1. The first-order valence-corrected chi connectivity index (χ1v) is 14.2. The van der Waals surface area contributed by atoms with Gasteiger partial charge in [0.05, 0.1) is 17.7 Å². The SMILES string of the molecule is CCOC(=O)[C@]12CCCN(C(=O)C3CCOCC3)C[C@H]1CN(Cc1cccc(C)n1)C2.O=C(O)C(F)(F)F.O=C(O)C(F)(F)F. The summed E-state index contributed by atoms with van der Waals surface area (Å²) in [6.07, 6.45) is -6.96. The van der Waals surface area contributed by atoms with Crippen molar-refractivity contribution in [2.75, 3.05) is 46.0 Å². The number of aromatic nitrogens is 1. The van der Waals surface area contributed by atoms with Gasteiger partial charge < -0.3 is 24.6 Å². The number of ether oxygens (including phenoxy) is 2. The van der Waals surface area contributed by atoms with E-state index in [-0.39, 0.29) is 23.7 Å². The van der Waals surface area contributed by atoms with Crippen molar-refractivity contribution >= 4 is 23.8 Å². The van der Waals surface area contributed by atoms with E-state index in [1.54, 1.807) is 0 Å². The first kappa shape index (κ1) is 37.7. The molecule has 2 N–H and O–H groups in total. The van der Waals surface area contributed by atoms with Crippen molar-refractivity contribution in [2.45, 2.75) is 58.4 Å². The summed E-state index contributed by atoms with van der Waals surface area (Å²) in [4.78, 5) is 53.2. The molecule has 0 saturated carbocycles. The summed E-state index contributed by atoms with van der Waals surface area (Å²) in [5, 5.41) is 14.2. The second kappa shape index (κ2) is 16.2. The summed E-state index contributed by atoms with van der Waals surface area (Å²) in [7, 11) is 0. The Balaban J connectivity index is 0.000000421. The van der Waals surface area contributed by atoms with Crippen LogP contribution >= 0.6 is 0 Å². The van der Waals surface area contributed by atoms with Crippen molar-refractivity contribution in [1.29, 1.82) is 0 Å². The molecule has 254 valence electrons. The van der Waals surface area contributed by atoms with Crippen LogP contribution in [0.4, 0.5) is 26.3 Å². The van der Waals surface area contributed by atoms with Crippen LogP contribution < -0.4 is 0 Å². The molecule has 1 aromatic rings. The van der Waals surface area contributed by atoms with E-state index < -0.39 is 29.7 Å². The third kappa shape index (κ3) is 11.1. The maximum absolute atomic E-state index is 13.2. The zero-order chi connectivity index (χ0) is 34.0. The molecule has 0 unspecified atom stereocenters. The number of hydrogen-bond donors (Lipinski definition) is 2. The Morgan fingerprint density at radius 1 is 1.02 bits per heavy atom. The topological polar surface area (TPSA) is 147 Å². The Kier molecular flexibility index (Phi) is 13.6. The second-order valence-corrected chi connectivity index (χ2v) is 10.9. The van der Waals surface area contributed by atoms with Gasteiger partial charge in [-0.2, -0.15) is 26.3 Å². The highest BCUT2D eigenvalue weighted by atomic mass is 19.4. The molecule has 45 heavy (non-hydrogen) atoms. The van der Waals surface area contributed by atoms with E-state index in [1.807, 2.05) is 36.9 Å². The van der Waals surface area contributed by atoms with Crippen molar-refractivity contribution in [3.8, 4) is 0 Å². The van der Waals surface area contributed by atoms with Crippen LogP contribution in [0.15, 0.2) is 18.2 Å². The van der Waals surface area contributed by atoms with E-state index in [9.17, 15) is 35.9 Å². The molecule has 3 aliphatic rings. The molecule has 0 radical (unpaired) electrons. The van der Waals surface area contributed by atoms with Crippen LogP contribution in [-0.2, 0) is 35.2 Å². The van der Waals surface area contributed by atoms with Gasteiger partial charge in [0.1, 0.15) is 0 Å². The first-order valence-electron chi connectivity index (χ1n) is 14.2. The quantitative estimate of drug-likeness (QED) is 0.355. The second-order valence-electron chi connectivity index (χ2n) is 10.9. The molecule has 0 spiro atoms. The van der Waals surface area contributed by atoms with Crippen LogP contribution in [0, 0.1) is 24.2 Å². The summed E-state index contributed by atoms with van der Waals surface area (Å²) in [5.74, 6) is -5.23. The summed E-state index contributed by atoms with van der Waals surface area (Å²) in [5.41, 5.74) is 1.48. The van der Waals surface area contributed by atoms with E-state index in [2.05, 4.69) is 9.88 Å². The van der Waals surface area contributed by atoms with Crippen molar-refractivity contribution < 1.29 is 65.2 Å². The highest BCUT2D eigenvalue weighted by molar-refractivity contribution is 5.81. The molecule has 4 heterocycles. The van der Waals surface area contributed by atoms with Gasteiger partial charge >= 0.3 is 30.3 Å². The number of halogens is 6. The van der Waals surface area contributed by atoms with Gasteiger partial charge in [0.2, 0.25) is 5.91 Å². The fourth-order valence-corrected chi connectivity index (χ4v) is 5.59. The molecule has 1 amide bonds. The Hall–Kier alpha value is -3.47. The molecule has 17 heteroatoms. The normalized spacial score (nSPS) is 22.5. The van der Waals surface area contributed by atoms with Gasteiger partial charge in [0.25, 0.3) is 0 Å². The molecule has 3 fully saturated rings. The minimum Gasteiger partial charge on any atom is -0.475 e. The minimum atomic E-state index is -5.08. The largest absolute Gasteiger partial charge is 0.490 e. The Morgan fingerprint density at radius 2 is 1.60 bits per heavy atom. The van der Waals surface area contributed by atoms with E-state index in [0.29, 0.717) is 39.5 Å². The number of carboxylic acids is 2. The van der Waals surface area contributed by atoms with Crippen LogP contribution in [-0.4, -0.2) is 107 Å². The summed E-state index contributed by atoms with van der Waals surface area (Å²) >= 11 is 0. The number of carboxylic acid groups (broad SMARTS) is 2. The molecule has 2 atom stereocenters. The summed E-state index contributed by atoms with van der Waals surface area (Å²) in [6, 6.07) is 6.07. The predicted molar refractivity (Wildman–Crippen MR) is 144 cm³/mol. The molecule has 0 aliphatic carbocycles. The van der Waals surface area contributed by atoms with Gasteiger partial charge in [-0.05, 0) is 51.7 Å². The van der Waals surface area contributed by atoms with Crippen molar-refractivity contribution in [3.63, 3.8) is 0 Å². The maximum atomic E-state index is 13.2. The number of esters is 1. The average Bonchev–Trinajstić information content (AvgIpc) is 3.19. The van der Waals surface area contributed by atoms with E-state index >= 15 is 0 Å². The Morgan fingerprint density at radius 3 is 2.11 bits per heavy atom. The highest BCUT2D eigenvalue weighted by Crippen LogP contribution is 2.44. The maximum Gasteiger partial charge on any atom is 0.490 e. The molecular weight excluding hydrogens is 620 g/mol. The number of rotatable bonds is 5. The molecule has 11 nitrogen and oxygen atoms in total. The van der Waals surface area contributed by atoms with Crippen LogP contribution in [0.5, 0.6) is 0 Å². The van der Waals surface area contributed by atoms with Gasteiger partial charge in [0, 0.05) is 63.5 Å². The van der Waals surface area contributed by atoms with Crippen molar-refractivity contribution in [1.82, 2.24) is 14.8 Å². The molecule has 3 aliphatic heterocycles. The number of amides is 1. The van der Waals surface area contributed by atoms with Crippen LogP contribution in [0.25, 0.3) is 0 Å². The fourth-order valence-electron chi connectivity index (χ4n) is 5.59. The number of alkyl halides is 6. The zero-order valence-electron chi connectivity index (χ0n) is 24.8. The number of fused-ring (bicyclic) bond motifs is 1. The fraction of sp³-hybridized carbons (Fsp3) is 0.679. The smallest absolute Gasteiger partial charge is 0.475 e. The van der Waals surface area contributed by atoms with Crippen LogP contribution in [0.3, 0.4) is 0 Å². The minimum absolute atomic E-state index is 0.0536. The monoisotopic (exact) mass is 657 g/mol. The number of likely N-dealkylation sites (tertiary alicyclic amines) is 2. The highest BCUT2D eigenvalue weighted by Gasteiger charge is 2.54. The lowest BCUT2D eigenvalue weighted by Gasteiger charge is -2.33. The first-order chi connectivity index (χ1) is 20.9. The third-order valence-corrected chi connectivity index (χ3v) is 7.64. The number of carbonyl (C=O) groups excluding carboxylic acids is 2. The lowest BCUT2D eigenvalue weighted by molar-refractivity contribution is -0.193. The van der Waals surface area contributed by atoms with E-state index in [4.69, 9.17) is 29.3 Å². The Labute approximate surface area is 255 Å². The van der Waals surface area contributed by atoms with Crippen molar-refractivity contribution in [3.05, 3.63) is 29.6 Å². The summed E-state index contributed by atoms with van der Waals surface area (Å²) < 4.78 is 74.5. The predicted octanol–water partition coefficient (Wildman–Crippen LogP) is 3.69. The number of hydrogen-bond acceptors (Lipinski definition) is 8. The molecule has 1 aromatic heterocycles. The van der Waals surface area contributed by atoms with E-state index in [0.717, 1.165) is 50.2 Å². The lowest BCUT2D eigenvalue weighted by atomic mass is 9.75. The molecular formula is C28H37F6N3O8. The van der Waals surface area contributed by atoms with Gasteiger partial charge in [-0.1, -0.05) is 6.07 Å². The number of aliphatic carboxylic acids is 2. The lowest BCUT2D eigenvalue weighted by Crippen LogP contribution is -2.45. The molecule has 3 saturated heterocycles. The number of carbonyl (C=O) groups is 4. The molecule has 0 aromatic carbocycles. The van der Waals surface area contributed by atoms with Gasteiger partial charge in [-0.15, -0.1) is 0 Å². The number of aryl methyl sites for hydroxylation is 1. The number of pyridine rings is 1. The Bertz CT molecular complexity index is 1150. The third-order valence-electron chi connectivity index (χ3n) is 7.64.